The predicted molar refractivity (Wildman–Crippen MR) is 72.6 cm³/mol. The average molecular weight is 306 g/mol. The molecule has 0 bridgehead atoms. The van der Waals surface area contributed by atoms with Crippen LogP contribution >= 0.6 is 11.6 Å². The first-order valence-corrected chi connectivity index (χ1v) is 7.49. The molecule has 0 aliphatic carbocycles. The number of ether oxygens (including phenoxy) is 1. The summed E-state index contributed by atoms with van der Waals surface area (Å²) in [7, 11) is -2.39. The van der Waals surface area contributed by atoms with Crippen LogP contribution in [0.15, 0.2) is 23.1 Å². The first-order valence-electron chi connectivity index (χ1n) is 5.67. The van der Waals surface area contributed by atoms with Gasteiger partial charge in [-0.15, -0.1) is 0 Å². The molecule has 5 nitrogen and oxygen atoms in total. The minimum Gasteiger partial charge on any atom is -0.465 e. The molecule has 0 saturated heterocycles. The molecule has 0 aliphatic heterocycles. The molecule has 7 heteroatoms. The summed E-state index contributed by atoms with van der Waals surface area (Å²) in [6.07, 6.45) is 0. The second kappa shape index (κ2) is 6.36. The number of nitrogens with zero attached hydrogens (tertiary/aromatic N) is 1. The van der Waals surface area contributed by atoms with Crippen molar-refractivity contribution in [2.24, 2.45) is 0 Å². The third-order valence-electron chi connectivity index (χ3n) is 2.48. The molecule has 0 saturated carbocycles. The van der Waals surface area contributed by atoms with E-state index in [0.717, 1.165) is 4.31 Å². The van der Waals surface area contributed by atoms with E-state index in [4.69, 9.17) is 16.3 Å². The van der Waals surface area contributed by atoms with E-state index >= 15 is 0 Å². The van der Waals surface area contributed by atoms with Gasteiger partial charge in [-0.25, -0.2) is 8.42 Å². The normalized spacial score (nSPS) is 11.6. The molecular formula is C12H16ClNO4S. The molecule has 0 spiro atoms. The Bertz CT molecular complexity index is 571. The molecule has 0 aromatic heterocycles. The number of hydrogen-bond acceptors (Lipinski definition) is 4. The first kappa shape index (κ1) is 15.9. The van der Waals surface area contributed by atoms with E-state index in [9.17, 15) is 13.2 Å². The highest BCUT2D eigenvalue weighted by atomic mass is 35.5. The highest BCUT2D eigenvalue weighted by Gasteiger charge is 2.25. The van der Waals surface area contributed by atoms with Crippen molar-refractivity contribution in [2.45, 2.75) is 18.7 Å². The van der Waals surface area contributed by atoms with E-state index in [1.54, 1.807) is 19.9 Å². The van der Waals surface area contributed by atoms with Crippen LogP contribution in [0.3, 0.4) is 0 Å². The second-order valence-corrected chi connectivity index (χ2v) is 6.43. The second-order valence-electron chi connectivity index (χ2n) is 3.98. The van der Waals surface area contributed by atoms with Crippen molar-refractivity contribution in [3.8, 4) is 0 Å². The predicted octanol–water partition coefficient (Wildman–Crippen LogP) is 1.83. The summed E-state index contributed by atoms with van der Waals surface area (Å²) >= 11 is 5.79. The lowest BCUT2D eigenvalue weighted by Crippen LogP contribution is -2.33. The molecule has 1 aromatic rings. The van der Waals surface area contributed by atoms with Crippen LogP contribution in [0.4, 0.5) is 0 Å². The smallest absolute Gasteiger partial charge is 0.321 e. The fourth-order valence-electron chi connectivity index (χ4n) is 1.54. The number of rotatable bonds is 5. The SMILES string of the molecule is CCOC(=O)CN(C)S(=O)(=O)c1ccc(Cl)cc1C. The summed E-state index contributed by atoms with van der Waals surface area (Å²) < 4.78 is 30.2. The fraction of sp³-hybridized carbons (Fsp3) is 0.417. The number of hydrogen-bond donors (Lipinski definition) is 0. The number of carbonyl (C=O) groups excluding carboxylic acids is 1. The van der Waals surface area contributed by atoms with Gasteiger partial charge in [-0.05, 0) is 37.6 Å². The monoisotopic (exact) mass is 305 g/mol. The largest absolute Gasteiger partial charge is 0.465 e. The molecule has 0 aliphatic rings. The zero-order chi connectivity index (χ0) is 14.6. The Morgan fingerprint density at radius 2 is 2.05 bits per heavy atom. The molecule has 0 N–H and O–H groups in total. The van der Waals surface area contributed by atoms with Crippen LogP contribution in [0.1, 0.15) is 12.5 Å². The van der Waals surface area contributed by atoms with Gasteiger partial charge >= 0.3 is 5.97 Å². The summed E-state index contributed by atoms with van der Waals surface area (Å²) in [5.74, 6) is -0.583. The van der Waals surface area contributed by atoms with Crippen molar-refractivity contribution >= 4 is 27.6 Å². The molecule has 0 unspecified atom stereocenters. The Morgan fingerprint density at radius 1 is 1.42 bits per heavy atom. The van der Waals surface area contributed by atoms with Crippen molar-refractivity contribution in [3.63, 3.8) is 0 Å². The third kappa shape index (κ3) is 3.92. The van der Waals surface area contributed by atoms with E-state index in [-0.39, 0.29) is 18.0 Å². The lowest BCUT2D eigenvalue weighted by molar-refractivity contribution is -0.143. The molecule has 19 heavy (non-hydrogen) atoms. The lowest BCUT2D eigenvalue weighted by Gasteiger charge is -2.17. The maximum Gasteiger partial charge on any atom is 0.321 e. The van der Waals surface area contributed by atoms with E-state index in [1.807, 2.05) is 0 Å². The van der Waals surface area contributed by atoms with Crippen LogP contribution in [-0.4, -0.2) is 38.9 Å². The van der Waals surface area contributed by atoms with Crippen LogP contribution in [0.2, 0.25) is 5.02 Å². The quantitative estimate of drug-likeness (QED) is 0.779. The number of halogens is 1. The Balaban J connectivity index is 3.00. The summed E-state index contributed by atoms with van der Waals surface area (Å²) in [4.78, 5) is 11.4. The number of aryl methyl sites for hydroxylation is 1. The lowest BCUT2D eigenvalue weighted by atomic mass is 10.2. The molecule has 0 fully saturated rings. The minimum atomic E-state index is -3.73. The van der Waals surface area contributed by atoms with Crippen LogP contribution in [-0.2, 0) is 19.6 Å². The molecule has 1 aromatic carbocycles. The zero-order valence-corrected chi connectivity index (χ0v) is 12.6. The Kier molecular flexibility index (Phi) is 5.34. The molecule has 0 amide bonds. The zero-order valence-electron chi connectivity index (χ0n) is 11.0. The average Bonchev–Trinajstić information content (AvgIpc) is 2.28. The molecule has 106 valence electrons. The van der Waals surface area contributed by atoms with Crippen LogP contribution in [0.5, 0.6) is 0 Å². The van der Waals surface area contributed by atoms with E-state index in [1.165, 1.54) is 19.2 Å². The van der Waals surface area contributed by atoms with Gasteiger partial charge in [0.25, 0.3) is 0 Å². The van der Waals surface area contributed by atoms with E-state index in [2.05, 4.69) is 0 Å². The summed E-state index contributed by atoms with van der Waals surface area (Å²) in [5.41, 5.74) is 0.531. The number of esters is 1. The number of likely N-dealkylation sites (N-methyl/N-ethyl adjacent to an activating group) is 1. The van der Waals surface area contributed by atoms with Crippen LogP contribution < -0.4 is 0 Å². The summed E-state index contributed by atoms with van der Waals surface area (Å²) in [5, 5.41) is 0.462. The van der Waals surface area contributed by atoms with Gasteiger partial charge in [-0.2, -0.15) is 4.31 Å². The molecular weight excluding hydrogens is 290 g/mol. The standard InChI is InChI=1S/C12H16ClNO4S/c1-4-18-12(15)8-14(3)19(16,17)11-6-5-10(13)7-9(11)2/h5-7H,4,8H2,1-3H3. The van der Waals surface area contributed by atoms with Gasteiger partial charge < -0.3 is 4.74 Å². The third-order valence-corrected chi connectivity index (χ3v) is 4.68. The Hall–Kier alpha value is -1.11. The molecule has 1 rings (SSSR count). The highest BCUT2D eigenvalue weighted by Crippen LogP contribution is 2.22. The number of sulfonamides is 1. The molecule has 0 radical (unpaired) electrons. The van der Waals surface area contributed by atoms with Crippen molar-refractivity contribution in [3.05, 3.63) is 28.8 Å². The maximum absolute atomic E-state index is 12.3. The van der Waals surface area contributed by atoms with Gasteiger partial charge in [0.1, 0.15) is 6.54 Å². The Morgan fingerprint density at radius 3 is 2.58 bits per heavy atom. The van der Waals surface area contributed by atoms with Crippen molar-refractivity contribution in [1.82, 2.24) is 4.31 Å². The summed E-state index contributed by atoms with van der Waals surface area (Å²) in [6.45, 7) is 3.21. The van der Waals surface area contributed by atoms with E-state index < -0.39 is 16.0 Å². The number of carbonyl (C=O) groups is 1. The van der Waals surface area contributed by atoms with Gasteiger partial charge in [-0.1, -0.05) is 11.6 Å². The molecule has 0 atom stereocenters. The van der Waals surface area contributed by atoms with Gasteiger partial charge in [0, 0.05) is 12.1 Å². The minimum absolute atomic E-state index is 0.128. The van der Waals surface area contributed by atoms with Gasteiger partial charge in [0.15, 0.2) is 0 Å². The van der Waals surface area contributed by atoms with Crippen molar-refractivity contribution in [1.29, 1.82) is 0 Å². The van der Waals surface area contributed by atoms with Crippen molar-refractivity contribution in [2.75, 3.05) is 20.2 Å². The first-order chi connectivity index (χ1) is 8.78. The van der Waals surface area contributed by atoms with Gasteiger partial charge in [-0.3, -0.25) is 4.79 Å². The van der Waals surface area contributed by atoms with Gasteiger partial charge in [0.05, 0.1) is 11.5 Å². The van der Waals surface area contributed by atoms with Gasteiger partial charge in [0.2, 0.25) is 10.0 Å². The maximum atomic E-state index is 12.3. The van der Waals surface area contributed by atoms with E-state index in [0.29, 0.717) is 10.6 Å². The van der Waals surface area contributed by atoms with Crippen LogP contribution in [0.25, 0.3) is 0 Å². The fourth-order valence-corrected chi connectivity index (χ4v) is 3.09. The number of benzene rings is 1. The van der Waals surface area contributed by atoms with Crippen molar-refractivity contribution < 1.29 is 17.9 Å². The Labute approximate surface area is 118 Å². The van der Waals surface area contributed by atoms with Crippen LogP contribution in [0, 0.1) is 6.92 Å². The molecule has 0 heterocycles. The topological polar surface area (TPSA) is 63.7 Å². The highest BCUT2D eigenvalue weighted by molar-refractivity contribution is 7.89. The summed E-state index contributed by atoms with van der Waals surface area (Å²) in [6, 6.07) is 4.49.